The lowest BCUT2D eigenvalue weighted by atomic mass is 9.90. The smallest absolute Gasteiger partial charge is 0.273 e. The number of rotatable bonds is 2. The van der Waals surface area contributed by atoms with Crippen LogP contribution in [0.25, 0.3) is 11.3 Å². The number of aromatic nitrogens is 1. The van der Waals surface area contributed by atoms with Gasteiger partial charge in [0.05, 0.1) is 5.69 Å². The zero-order valence-corrected chi connectivity index (χ0v) is 13.7. The maximum Gasteiger partial charge on any atom is 0.273 e. The average Bonchev–Trinajstić information content (AvgIpc) is 2.98. The summed E-state index contributed by atoms with van der Waals surface area (Å²) in [5.41, 5.74) is 2.27. The summed E-state index contributed by atoms with van der Waals surface area (Å²) in [4.78, 5) is 31.6. The molecular weight excluding hydrogens is 300 g/mol. The van der Waals surface area contributed by atoms with Crippen LogP contribution in [-0.4, -0.2) is 33.7 Å². The Kier molecular flexibility index (Phi) is 3.68. The van der Waals surface area contributed by atoms with Gasteiger partial charge in [0.1, 0.15) is 11.5 Å². The number of carbonyl (C=O) groups excluding carboxylic acids is 2. The first-order valence-electron chi connectivity index (χ1n) is 8.53. The van der Waals surface area contributed by atoms with Gasteiger partial charge in [-0.15, -0.1) is 0 Å². The molecule has 2 bridgehead atoms. The van der Waals surface area contributed by atoms with E-state index in [4.69, 9.17) is 0 Å². The molecule has 0 spiro atoms. The van der Waals surface area contributed by atoms with E-state index in [1.807, 2.05) is 54.3 Å². The predicted molar refractivity (Wildman–Crippen MR) is 91.4 cm³/mol. The Bertz CT molecular complexity index is 787. The zero-order chi connectivity index (χ0) is 16.7. The first kappa shape index (κ1) is 15.1. The Hall–Kier alpha value is -2.49. The largest absolute Gasteiger partial charge is 0.330 e. The van der Waals surface area contributed by atoms with E-state index in [2.05, 4.69) is 4.98 Å². The maximum absolute atomic E-state index is 13.0. The van der Waals surface area contributed by atoms with Crippen molar-refractivity contribution in [2.75, 3.05) is 0 Å². The molecule has 2 aromatic rings. The highest BCUT2D eigenvalue weighted by Gasteiger charge is 2.47. The second-order valence-electron chi connectivity index (χ2n) is 6.74. The van der Waals surface area contributed by atoms with Gasteiger partial charge in [-0.25, -0.2) is 4.98 Å². The zero-order valence-electron chi connectivity index (χ0n) is 13.7. The van der Waals surface area contributed by atoms with E-state index >= 15 is 0 Å². The third-order valence-corrected chi connectivity index (χ3v) is 5.34. The number of hydrogen-bond acceptors (Lipinski definition) is 3. The molecule has 4 heteroatoms. The van der Waals surface area contributed by atoms with Crippen LogP contribution in [0.15, 0.2) is 48.5 Å². The topological polar surface area (TPSA) is 50.3 Å². The Morgan fingerprint density at radius 2 is 1.88 bits per heavy atom. The molecule has 3 atom stereocenters. The Labute approximate surface area is 141 Å². The van der Waals surface area contributed by atoms with Gasteiger partial charge in [0, 0.05) is 30.0 Å². The molecule has 24 heavy (non-hydrogen) atoms. The fraction of sp³-hybridized carbons (Fsp3) is 0.350. The van der Waals surface area contributed by atoms with E-state index in [-0.39, 0.29) is 29.7 Å². The highest BCUT2D eigenvalue weighted by Crippen LogP contribution is 2.38. The standard InChI is InChI=1S/C20H20N2O2/c1-13-18-11-10-15(12-19(13)23)22(18)20(24)17-9-5-8-16(21-17)14-6-3-2-4-7-14/h2-9,13,15,18H,10-12H2,1H3. The predicted octanol–water partition coefficient (Wildman–Crippen LogP) is 3.33. The minimum Gasteiger partial charge on any atom is -0.330 e. The van der Waals surface area contributed by atoms with Gasteiger partial charge >= 0.3 is 0 Å². The number of hydrogen-bond donors (Lipinski definition) is 0. The molecule has 2 aliphatic rings. The van der Waals surface area contributed by atoms with Crippen LogP contribution in [0.1, 0.15) is 36.7 Å². The Balaban J connectivity index is 1.65. The molecule has 0 N–H and O–H groups in total. The molecular formula is C20H20N2O2. The molecule has 2 fully saturated rings. The lowest BCUT2D eigenvalue weighted by Gasteiger charge is -2.37. The van der Waals surface area contributed by atoms with Gasteiger partial charge in [-0.05, 0) is 25.0 Å². The lowest BCUT2D eigenvalue weighted by molar-refractivity contribution is -0.127. The van der Waals surface area contributed by atoms with Crippen LogP contribution in [-0.2, 0) is 4.79 Å². The number of nitrogens with zero attached hydrogens (tertiary/aromatic N) is 2. The molecule has 0 saturated carbocycles. The molecule has 1 aromatic carbocycles. The minimum absolute atomic E-state index is 0.0333. The van der Waals surface area contributed by atoms with E-state index in [1.54, 1.807) is 6.07 Å². The van der Waals surface area contributed by atoms with Gasteiger partial charge < -0.3 is 4.90 Å². The SMILES string of the molecule is CC1C(=O)CC2CCC1N2C(=O)c1cccc(-c2ccccc2)n1. The van der Waals surface area contributed by atoms with E-state index in [1.165, 1.54) is 0 Å². The average molecular weight is 320 g/mol. The van der Waals surface area contributed by atoms with Crippen LogP contribution in [0.2, 0.25) is 0 Å². The van der Waals surface area contributed by atoms with Crippen molar-refractivity contribution in [3.8, 4) is 11.3 Å². The molecule has 122 valence electrons. The number of pyridine rings is 1. The minimum atomic E-state index is -0.0648. The second kappa shape index (κ2) is 5.86. The van der Waals surface area contributed by atoms with Crippen LogP contribution in [0, 0.1) is 5.92 Å². The number of ketones is 1. The van der Waals surface area contributed by atoms with Crippen molar-refractivity contribution < 1.29 is 9.59 Å². The maximum atomic E-state index is 13.0. The van der Waals surface area contributed by atoms with Gasteiger partial charge in [-0.2, -0.15) is 0 Å². The first-order chi connectivity index (χ1) is 11.6. The highest BCUT2D eigenvalue weighted by atomic mass is 16.2. The molecule has 3 heterocycles. The first-order valence-corrected chi connectivity index (χ1v) is 8.53. The summed E-state index contributed by atoms with van der Waals surface area (Å²) in [6, 6.07) is 15.5. The summed E-state index contributed by atoms with van der Waals surface area (Å²) in [6.45, 7) is 1.95. The van der Waals surface area contributed by atoms with Crippen LogP contribution >= 0.6 is 0 Å². The van der Waals surface area contributed by atoms with Gasteiger partial charge in [-0.1, -0.05) is 43.3 Å². The monoisotopic (exact) mass is 320 g/mol. The molecule has 4 nitrogen and oxygen atoms in total. The van der Waals surface area contributed by atoms with Crippen molar-refractivity contribution in [3.63, 3.8) is 0 Å². The summed E-state index contributed by atoms with van der Waals surface area (Å²) in [5.74, 6) is 0.183. The lowest BCUT2D eigenvalue weighted by Crippen LogP contribution is -2.51. The quantitative estimate of drug-likeness (QED) is 0.853. The number of carbonyl (C=O) groups is 2. The molecule has 2 saturated heterocycles. The molecule has 1 amide bonds. The van der Waals surface area contributed by atoms with Crippen molar-refractivity contribution >= 4 is 11.7 Å². The fourth-order valence-corrected chi connectivity index (χ4v) is 4.01. The van der Waals surface area contributed by atoms with E-state index in [9.17, 15) is 9.59 Å². The van der Waals surface area contributed by atoms with Gasteiger partial charge in [0.2, 0.25) is 0 Å². The van der Waals surface area contributed by atoms with Crippen molar-refractivity contribution in [1.82, 2.24) is 9.88 Å². The number of Topliss-reactive ketones (excluding diaryl/α,β-unsaturated/α-hetero) is 1. The summed E-state index contributed by atoms with van der Waals surface area (Å²) < 4.78 is 0. The van der Waals surface area contributed by atoms with Gasteiger partial charge in [0.15, 0.2) is 0 Å². The molecule has 0 aliphatic carbocycles. The van der Waals surface area contributed by atoms with Crippen molar-refractivity contribution in [1.29, 1.82) is 0 Å². The highest BCUT2D eigenvalue weighted by molar-refractivity contribution is 5.95. The second-order valence-corrected chi connectivity index (χ2v) is 6.74. The number of fused-ring (bicyclic) bond motifs is 2. The third kappa shape index (κ3) is 2.42. The normalized spacial score (nSPS) is 25.8. The van der Waals surface area contributed by atoms with E-state index in [0.29, 0.717) is 12.1 Å². The number of amides is 1. The van der Waals surface area contributed by atoms with Crippen molar-refractivity contribution in [2.45, 2.75) is 38.3 Å². The summed E-state index contributed by atoms with van der Waals surface area (Å²) in [5, 5.41) is 0. The van der Waals surface area contributed by atoms with Crippen LogP contribution in [0.3, 0.4) is 0 Å². The van der Waals surface area contributed by atoms with Crippen LogP contribution < -0.4 is 0 Å². The molecule has 4 rings (SSSR count). The number of piperidine rings is 1. The molecule has 3 unspecified atom stereocenters. The molecule has 1 aromatic heterocycles. The molecule has 0 radical (unpaired) electrons. The van der Waals surface area contributed by atoms with Crippen molar-refractivity contribution in [2.24, 2.45) is 5.92 Å². The summed E-state index contributed by atoms with van der Waals surface area (Å²) >= 11 is 0. The third-order valence-electron chi connectivity index (χ3n) is 5.34. The van der Waals surface area contributed by atoms with Crippen molar-refractivity contribution in [3.05, 3.63) is 54.2 Å². The Morgan fingerprint density at radius 1 is 1.08 bits per heavy atom. The van der Waals surface area contributed by atoms with Crippen LogP contribution in [0.4, 0.5) is 0 Å². The Morgan fingerprint density at radius 3 is 2.67 bits per heavy atom. The summed E-state index contributed by atoms with van der Waals surface area (Å²) in [7, 11) is 0. The summed E-state index contributed by atoms with van der Waals surface area (Å²) in [6.07, 6.45) is 2.33. The fourth-order valence-electron chi connectivity index (χ4n) is 4.01. The van der Waals surface area contributed by atoms with E-state index in [0.717, 1.165) is 24.1 Å². The van der Waals surface area contributed by atoms with E-state index < -0.39 is 0 Å². The molecule has 2 aliphatic heterocycles. The van der Waals surface area contributed by atoms with Gasteiger partial charge in [0.25, 0.3) is 5.91 Å². The van der Waals surface area contributed by atoms with Crippen LogP contribution in [0.5, 0.6) is 0 Å². The van der Waals surface area contributed by atoms with Gasteiger partial charge in [-0.3, -0.25) is 9.59 Å². The number of benzene rings is 1.